The zero-order valence-electron chi connectivity index (χ0n) is 11.2. The Morgan fingerprint density at radius 2 is 1.79 bits per heavy atom. The monoisotopic (exact) mass is 267 g/mol. The third kappa shape index (κ3) is 6.10. The van der Waals surface area contributed by atoms with E-state index >= 15 is 0 Å². The van der Waals surface area contributed by atoms with Gasteiger partial charge in [0, 0.05) is 31.4 Å². The summed E-state index contributed by atoms with van der Waals surface area (Å²) in [6, 6.07) is 3.80. The number of unbranched alkanes of at least 4 members (excludes halogenated alkanes) is 1. The molecule has 0 aliphatic rings. The molecule has 5 nitrogen and oxygen atoms in total. The molecular formula is C14H21NO4. The van der Waals surface area contributed by atoms with Crippen molar-refractivity contribution in [3.63, 3.8) is 0 Å². The van der Waals surface area contributed by atoms with Crippen LogP contribution in [0.4, 0.5) is 0 Å². The van der Waals surface area contributed by atoms with Crippen molar-refractivity contribution in [1.29, 1.82) is 0 Å². The predicted molar refractivity (Wildman–Crippen MR) is 72.4 cm³/mol. The number of carbonyl (C=O) groups is 1. The molecule has 106 valence electrons. The standard InChI is InChI=1S/C14H21NO4/c1-2-3-6-19-7-4-5-15-14(18)11-8-12(16)10-13(17)9-11/h8-10,16-17H,2-7H2,1H3,(H,15,18). The van der Waals surface area contributed by atoms with Gasteiger partial charge in [0.1, 0.15) is 11.5 Å². The average Bonchev–Trinajstić information content (AvgIpc) is 2.36. The highest BCUT2D eigenvalue weighted by atomic mass is 16.5. The first-order valence-electron chi connectivity index (χ1n) is 6.52. The lowest BCUT2D eigenvalue weighted by Gasteiger charge is -2.07. The average molecular weight is 267 g/mol. The molecule has 0 fully saturated rings. The molecule has 1 aromatic rings. The molecule has 1 amide bonds. The van der Waals surface area contributed by atoms with Gasteiger partial charge in [-0.2, -0.15) is 0 Å². The quantitative estimate of drug-likeness (QED) is 0.630. The minimum absolute atomic E-state index is 0.131. The summed E-state index contributed by atoms with van der Waals surface area (Å²) in [4.78, 5) is 11.7. The zero-order chi connectivity index (χ0) is 14.1. The Kier molecular flexibility index (Phi) is 6.74. The summed E-state index contributed by atoms with van der Waals surface area (Å²) in [7, 11) is 0. The normalized spacial score (nSPS) is 10.4. The largest absolute Gasteiger partial charge is 0.508 e. The minimum Gasteiger partial charge on any atom is -0.508 e. The Balaban J connectivity index is 2.24. The van der Waals surface area contributed by atoms with Crippen molar-refractivity contribution >= 4 is 5.91 Å². The second-order valence-corrected chi connectivity index (χ2v) is 4.31. The van der Waals surface area contributed by atoms with E-state index in [9.17, 15) is 15.0 Å². The molecule has 0 atom stereocenters. The first kappa shape index (κ1) is 15.3. The Bertz CT molecular complexity index is 386. The summed E-state index contributed by atoms with van der Waals surface area (Å²) in [6.07, 6.45) is 2.90. The topological polar surface area (TPSA) is 78.8 Å². The minimum atomic E-state index is -0.320. The number of rotatable bonds is 8. The van der Waals surface area contributed by atoms with Crippen LogP contribution in [-0.2, 0) is 4.74 Å². The molecule has 0 heterocycles. The van der Waals surface area contributed by atoms with Gasteiger partial charge in [-0.15, -0.1) is 0 Å². The fourth-order valence-electron chi connectivity index (χ4n) is 1.55. The predicted octanol–water partition coefficient (Wildman–Crippen LogP) is 2.03. The van der Waals surface area contributed by atoms with Crippen molar-refractivity contribution in [2.75, 3.05) is 19.8 Å². The van der Waals surface area contributed by atoms with Crippen molar-refractivity contribution < 1.29 is 19.7 Å². The van der Waals surface area contributed by atoms with Gasteiger partial charge in [0.15, 0.2) is 0 Å². The lowest BCUT2D eigenvalue weighted by molar-refractivity contribution is 0.0939. The van der Waals surface area contributed by atoms with E-state index in [4.69, 9.17) is 4.74 Å². The third-order valence-corrected chi connectivity index (χ3v) is 2.56. The van der Waals surface area contributed by atoms with Crippen LogP contribution < -0.4 is 5.32 Å². The number of hydrogen-bond donors (Lipinski definition) is 3. The smallest absolute Gasteiger partial charge is 0.251 e. The van der Waals surface area contributed by atoms with Crippen molar-refractivity contribution in [3.05, 3.63) is 23.8 Å². The van der Waals surface area contributed by atoms with Crippen LogP contribution in [0.25, 0.3) is 0 Å². The van der Waals surface area contributed by atoms with Crippen LogP contribution in [0.5, 0.6) is 11.5 Å². The van der Waals surface area contributed by atoms with Gasteiger partial charge >= 0.3 is 0 Å². The molecule has 5 heteroatoms. The van der Waals surface area contributed by atoms with Gasteiger partial charge in [-0.25, -0.2) is 0 Å². The van der Waals surface area contributed by atoms with Gasteiger partial charge in [-0.1, -0.05) is 13.3 Å². The molecule has 0 saturated carbocycles. The number of phenolic OH excluding ortho intramolecular Hbond substituents is 2. The van der Waals surface area contributed by atoms with Crippen LogP contribution in [0.3, 0.4) is 0 Å². The van der Waals surface area contributed by atoms with Gasteiger partial charge in [0.05, 0.1) is 0 Å². The molecule has 0 aromatic heterocycles. The van der Waals surface area contributed by atoms with E-state index in [1.807, 2.05) is 0 Å². The number of hydrogen-bond acceptors (Lipinski definition) is 4. The van der Waals surface area contributed by atoms with Gasteiger partial charge in [-0.05, 0) is 25.0 Å². The molecule has 0 radical (unpaired) electrons. The number of carbonyl (C=O) groups excluding carboxylic acids is 1. The van der Waals surface area contributed by atoms with Crippen LogP contribution in [0.1, 0.15) is 36.5 Å². The molecule has 0 spiro atoms. The number of benzene rings is 1. The summed E-state index contributed by atoms with van der Waals surface area (Å²) in [5.41, 5.74) is 0.240. The van der Waals surface area contributed by atoms with Gasteiger partial charge in [0.2, 0.25) is 0 Å². The van der Waals surface area contributed by atoms with Crippen molar-refractivity contribution in [2.45, 2.75) is 26.2 Å². The van der Waals surface area contributed by atoms with E-state index in [1.165, 1.54) is 18.2 Å². The first-order valence-corrected chi connectivity index (χ1v) is 6.52. The maximum Gasteiger partial charge on any atom is 0.251 e. The van der Waals surface area contributed by atoms with Crippen LogP contribution in [-0.4, -0.2) is 35.9 Å². The van der Waals surface area contributed by atoms with Crippen molar-refractivity contribution in [3.8, 4) is 11.5 Å². The molecule has 19 heavy (non-hydrogen) atoms. The van der Waals surface area contributed by atoms with Crippen LogP contribution >= 0.6 is 0 Å². The molecule has 0 saturated heterocycles. The van der Waals surface area contributed by atoms with E-state index in [-0.39, 0.29) is 23.0 Å². The Morgan fingerprint density at radius 1 is 1.16 bits per heavy atom. The molecular weight excluding hydrogens is 246 g/mol. The summed E-state index contributed by atoms with van der Waals surface area (Å²) in [6.45, 7) is 3.98. The molecule has 0 aliphatic carbocycles. The second kappa shape index (κ2) is 8.37. The zero-order valence-corrected chi connectivity index (χ0v) is 11.2. The van der Waals surface area contributed by atoms with Crippen molar-refractivity contribution in [2.24, 2.45) is 0 Å². The summed E-state index contributed by atoms with van der Waals surface area (Å²) in [5, 5.41) is 21.3. The van der Waals surface area contributed by atoms with Crippen LogP contribution in [0.2, 0.25) is 0 Å². The van der Waals surface area contributed by atoms with Gasteiger partial charge < -0.3 is 20.3 Å². The Morgan fingerprint density at radius 3 is 2.42 bits per heavy atom. The number of ether oxygens (including phenoxy) is 1. The number of phenols is 2. The Hall–Kier alpha value is -1.75. The number of amides is 1. The summed E-state index contributed by atoms with van der Waals surface area (Å²) >= 11 is 0. The van der Waals surface area contributed by atoms with Crippen LogP contribution in [0.15, 0.2) is 18.2 Å². The fraction of sp³-hybridized carbons (Fsp3) is 0.500. The maximum atomic E-state index is 11.7. The number of nitrogens with one attached hydrogen (secondary N) is 1. The molecule has 0 aliphatic heterocycles. The van der Waals surface area contributed by atoms with E-state index in [1.54, 1.807) is 0 Å². The van der Waals surface area contributed by atoms with Crippen molar-refractivity contribution in [1.82, 2.24) is 5.32 Å². The third-order valence-electron chi connectivity index (χ3n) is 2.56. The second-order valence-electron chi connectivity index (χ2n) is 4.31. The SMILES string of the molecule is CCCCOCCCNC(=O)c1cc(O)cc(O)c1. The van der Waals surface area contributed by atoms with E-state index in [0.717, 1.165) is 25.9 Å². The lowest BCUT2D eigenvalue weighted by atomic mass is 10.2. The molecule has 1 rings (SSSR count). The molecule has 1 aromatic carbocycles. The van der Waals surface area contributed by atoms with Gasteiger partial charge in [-0.3, -0.25) is 4.79 Å². The number of aromatic hydroxyl groups is 2. The Labute approximate surface area is 113 Å². The van der Waals surface area contributed by atoms with E-state index in [2.05, 4.69) is 12.2 Å². The summed E-state index contributed by atoms with van der Waals surface area (Å²) in [5.74, 6) is -0.583. The van der Waals surface area contributed by atoms with E-state index < -0.39 is 0 Å². The lowest BCUT2D eigenvalue weighted by Crippen LogP contribution is -2.25. The molecule has 0 bridgehead atoms. The van der Waals surface area contributed by atoms with Gasteiger partial charge in [0.25, 0.3) is 5.91 Å². The molecule has 3 N–H and O–H groups in total. The fourth-order valence-corrected chi connectivity index (χ4v) is 1.55. The van der Waals surface area contributed by atoms with Crippen LogP contribution in [0, 0.1) is 0 Å². The highest BCUT2D eigenvalue weighted by Gasteiger charge is 2.07. The van der Waals surface area contributed by atoms with E-state index in [0.29, 0.717) is 13.2 Å². The highest BCUT2D eigenvalue weighted by molar-refractivity contribution is 5.94. The maximum absolute atomic E-state index is 11.7. The highest BCUT2D eigenvalue weighted by Crippen LogP contribution is 2.20. The summed E-state index contributed by atoms with van der Waals surface area (Å²) < 4.78 is 5.37. The molecule has 0 unspecified atom stereocenters. The first-order chi connectivity index (χ1) is 9.13.